The zero-order valence-corrected chi connectivity index (χ0v) is 8.84. The molecular weight excluding hydrogens is 215 g/mol. The molecule has 0 radical (unpaired) electrons. The van der Waals surface area contributed by atoms with Crippen molar-refractivity contribution in [2.45, 2.75) is 4.90 Å². The molecule has 1 aromatic heterocycles. The quantitative estimate of drug-likeness (QED) is 0.797. The molecule has 2 aromatic rings. The van der Waals surface area contributed by atoms with Crippen molar-refractivity contribution in [2.75, 3.05) is 12.0 Å². The summed E-state index contributed by atoms with van der Waals surface area (Å²) in [5.74, 6) is 0.626. The summed E-state index contributed by atoms with van der Waals surface area (Å²) in [5, 5.41) is 3.57. The van der Waals surface area contributed by atoms with Crippen LogP contribution in [0, 0.1) is 5.82 Å². The molecule has 0 spiro atoms. The topological polar surface area (TPSA) is 52.0 Å². The molecule has 0 aliphatic carbocycles. The lowest BCUT2D eigenvalue weighted by Gasteiger charge is -2.00. The fourth-order valence-corrected chi connectivity index (χ4v) is 1.75. The highest BCUT2D eigenvalue weighted by molar-refractivity contribution is 7.98. The van der Waals surface area contributed by atoms with Crippen LogP contribution in [0.15, 0.2) is 33.7 Å². The molecule has 78 valence electrons. The lowest BCUT2D eigenvalue weighted by atomic mass is 10.2. The van der Waals surface area contributed by atoms with Gasteiger partial charge in [0, 0.05) is 16.5 Å². The first-order chi connectivity index (χ1) is 7.20. The number of aromatic nitrogens is 1. The van der Waals surface area contributed by atoms with E-state index in [1.807, 2.05) is 6.26 Å². The van der Waals surface area contributed by atoms with Crippen LogP contribution in [0.1, 0.15) is 0 Å². The largest absolute Gasteiger partial charge is 0.381 e. The molecule has 0 saturated heterocycles. The van der Waals surface area contributed by atoms with Crippen LogP contribution in [0.3, 0.4) is 0 Å². The Balaban J connectivity index is 2.45. The Morgan fingerprint density at radius 3 is 2.80 bits per heavy atom. The van der Waals surface area contributed by atoms with Gasteiger partial charge in [-0.25, -0.2) is 4.39 Å². The summed E-state index contributed by atoms with van der Waals surface area (Å²) in [6.45, 7) is 0. The van der Waals surface area contributed by atoms with Gasteiger partial charge in [-0.2, -0.15) is 0 Å². The highest BCUT2D eigenvalue weighted by Crippen LogP contribution is 2.27. The molecule has 0 unspecified atom stereocenters. The van der Waals surface area contributed by atoms with Gasteiger partial charge in [0.25, 0.3) is 0 Å². The molecule has 0 atom stereocenters. The first kappa shape index (κ1) is 10.0. The summed E-state index contributed by atoms with van der Waals surface area (Å²) in [4.78, 5) is 0.572. The van der Waals surface area contributed by atoms with Crippen molar-refractivity contribution >= 4 is 17.6 Å². The first-order valence-corrected chi connectivity index (χ1v) is 5.49. The predicted molar refractivity (Wildman–Crippen MR) is 58.1 cm³/mol. The molecule has 2 rings (SSSR count). The molecular formula is C10H9FN2OS. The molecule has 0 saturated carbocycles. The normalized spacial score (nSPS) is 10.5. The fourth-order valence-electron chi connectivity index (χ4n) is 1.24. The number of hydrogen-bond acceptors (Lipinski definition) is 4. The summed E-state index contributed by atoms with van der Waals surface area (Å²) in [6, 6.07) is 6.35. The third-order valence-corrected chi connectivity index (χ3v) is 2.72. The summed E-state index contributed by atoms with van der Waals surface area (Å²) >= 11 is 1.34. The van der Waals surface area contributed by atoms with E-state index in [4.69, 9.17) is 10.3 Å². The predicted octanol–water partition coefficient (Wildman–Crippen LogP) is 2.78. The Morgan fingerprint density at radius 2 is 2.20 bits per heavy atom. The minimum absolute atomic E-state index is 0.237. The Kier molecular flexibility index (Phi) is 2.64. The number of nitrogens with two attached hydrogens (primary N) is 1. The maximum absolute atomic E-state index is 13.2. The molecule has 0 fully saturated rings. The van der Waals surface area contributed by atoms with E-state index in [1.165, 1.54) is 17.8 Å². The average Bonchev–Trinajstić information content (AvgIpc) is 2.66. The molecule has 3 nitrogen and oxygen atoms in total. The van der Waals surface area contributed by atoms with E-state index in [0.717, 1.165) is 5.56 Å². The second kappa shape index (κ2) is 3.94. The van der Waals surface area contributed by atoms with E-state index in [2.05, 4.69) is 5.16 Å². The first-order valence-electron chi connectivity index (χ1n) is 4.27. The van der Waals surface area contributed by atoms with Gasteiger partial charge in [-0.1, -0.05) is 5.16 Å². The van der Waals surface area contributed by atoms with Crippen LogP contribution in [0.25, 0.3) is 11.3 Å². The molecule has 2 N–H and O–H groups in total. The molecule has 0 aliphatic rings. The van der Waals surface area contributed by atoms with Crippen LogP contribution >= 0.6 is 11.8 Å². The van der Waals surface area contributed by atoms with Gasteiger partial charge in [0.1, 0.15) is 5.82 Å². The van der Waals surface area contributed by atoms with Crippen molar-refractivity contribution in [3.8, 4) is 11.3 Å². The zero-order chi connectivity index (χ0) is 10.8. The van der Waals surface area contributed by atoms with E-state index >= 15 is 0 Å². The Bertz CT molecular complexity index is 484. The zero-order valence-electron chi connectivity index (χ0n) is 8.03. The maximum Gasteiger partial charge on any atom is 0.169 e. The van der Waals surface area contributed by atoms with Gasteiger partial charge >= 0.3 is 0 Å². The standard InChI is InChI=1S/C10H9FN2OS/c1-15-9-4-6(2-3-7(9)11)8-5-10(12)13-14-8/h2-5H,1H3,(H2,12,13). The highest BCUT2D eigenvalue weighted by Gasteiger charge is 2.08. The van der Waals surface area contributed by atoms with Gasteiger partial charge in [0.15, 0.2) is 11.6 Å². The molecule has 0 aliphatic heterocycles. The second-order valence-electron chi connectivity index (χ2n) is 2.97. The van der Waals surface area contributed by atoms with Crippen molar-refractivity contribution in [3.05, 3.63) is 30.1 Å². The number of benzene rings is 1. The van der Waals surface area contributed by atoms with Crippen LogP contribution in [-0.4, -0.2) is 11.4 Å². The van der Waals surface area contributed by atoms with E-state index in [0.29, 0.717) is 16.5 Å². The summed E-state index contributed by atoms with van der Waals surface area (Å²) in [7, 11) is 0. The third kappa shape index (κ3) is 1.97. The van der Waals surface area contributed by atoms with Crippen LogP contribution < -0.4 is 5.73 Å². The number of nitrogens with zero attached hydrogens (tertiary/aromatic N) is 1. The van der Waals surface area contributed by atoms with Crippen molar-refractivity contribution in [2.24, 2.45) is 0 Å². The van der Waals surface area contributed by atoms with E-state index in [9.17, 15) is 4.39 Å². The van der Waals surface area contributed by atoms with Gasteiger partial charge in [-0.05, 0) is 24.5 Å². The number of nitrogen functional groups attached to an aromatic ring is 1. The van der Waals surface area contributed by atoms with Gasteiger partial charge in [0.2, 0.25) is 0 Å². The van der Waals surface area contributed by atoms with Gasteiger partial charge in [0.05, 0.1) is 0 Å². The van der Waals surface area contributed by atoms with Gasteiger partial charge in [-0.3, -0.25) is 0 Å². The SMILES string of the molecule is CSc1cc(-c2cc(N)no2)ccc1F. The molecule has 1 heterocycles. The number of anilines is 1. The molecule has 0 bridgehead atoms. The summed E-state index contributed by atoms with van der Waals surface area (Å²) in [6.07, 6.45) is 1.82. The van der Waals surface area contributed by atoms with Crippen molar-refractivity contribution < 1.29 is 8.91 Å². The fraction of sp³-hybridized carbons (Fsp3) is 0.100. The molecule has 5 heteroatoms. The second-order valence-corrected chi connectivity index (χ2v) is 3.81. The monoisotopic (exact) mass is 224 g/mol. The minimum Gasteiger partial charge on any atom is -0.381 e. The van der Waals surface area contributed by atoms with Crippen LogP contribution in [0.4, 0.5) is 10.2 Å². The lowest BCUT2D eigenvalue weighted by Crippen LogP contribution is -1.82. The van der Waals surface area contributed by atoms with E-state index < -0.39 is 0 Å². The summed E-state index contributed by atoms with van der Waals surface area (Å²) < 4.78 is 18.2. The Hall–Kier alpha value is -1.49. The molecule has 15 heavy (non-hydrogen) atoms. The lowest BCUT2D eigenvalue weighted by molar-refractivity contribution is 0.435. The number of thioether (sulfide) groups is 1. The molecule has 0 amide bonds. The highest BCUT2D eigenvalue weighted by atomic mass is 32.2. The molecule has 1 aromatic carbocycles. The van der Waals surface area contributed by atoms with E-state index in [1.54, 1.807) is 18.2 Å². The van der Waals surface area contributed by atoms with E-state index in [-0.39, 0.29) is 5.82 Å². The van der Waals surface area contributed by atoms with Crippen molar-refractivity contribution in [3.63, 3.8) is 0 Å². The van der Waals surface area contributed by atoms with Crippen LogP contribution in [0.2, 0.25) is 0 Å². The summed E-state index contributed by atoms with van der Waals surface area (Å²) in [5.41, 5.74) is 6.20. The Morgan fingerprint density at radius 1 is 1.40 bits per heavy atom. The number of halogens is 1. The number of rotatable bonds is 2. The third-order valence-electron chi connectivity index (χ3n) is 1.96. The van der Waals surface area contributed by atoms with Crippen molar-refractivity contribution in [1.29, 1.82) is 0 Å². The maximum atomic E-state index is 13.2. The number of hydrogen-bond donors (Lipinski definition) is 1. The average molecular weight is 224 g/mol. The van der Waals surface area contributed by atoms with Gasteiger partial charge in [-0.15, -0.1) is 11.8 Å². The van der Waals surface area contributed by atoms with Crippen LogP contribution in [0.5, 0.6) is 0 Å². The van der Waals surface area contributed by atoms with Crippen molar-refractivity contribution in [1.82, 2.24) is 5.16 Å². The smallest absolute Gasteiger partial charge is 0.169 e. The Labute approximate surface area is 90.4 Å². The minimum atomic E-state index is -0.237. The van der Waals surface area contributed by atoms with Gasteiger partial charge < -0.3 is 10.3 Å². The van der Waals surface area contributed by atoms with Crippen LogP contribution in [-0.2, 0) is 0 Å².